The van der Waals surface area contributed by atoms with Crippen LogP contribution in [0.15, 0.2) is 0 Å². The standard InChI is InChI=1S/C18H34/c1-16(14-17-10-6-2-3-7-11-17)15-18-12-8-4-5-9-13-18/h16-18H,2-15H2,1H3. The molecule has 18 heavy (non-hydrogen) atoms. The van der Waals surface area contributed by atoms with E-state index in [9.17, 15) is 0 Å². The van der Waals surface area contributed by atoms with Crippen molar-refractivity contribution in [3.8, 4) is 0 Å². The summed E-state index contributed by atoms with van der Waals surface area (Å²) in [5.74, 6) is 3.15. The molecule has 2 aliphatic rings. The summed E-state index contributed by atoms with van der Waals surface area (Å²) < 4.78 is 0. The highest BCUT2D eigenvalue weighted by atomic mass is 14.2. The first-order valence-electron chi connectivity index (χ1n) is 8.84. The van der Waals surface area contributed by atoms with Gasteiger partial charge in [-0.2, -0.15) is 0 Å². The minimum absolute atomic E-state index is 0.996. The summed E-state index contributed by atoms with van der Waals surface area (Å²) in [6, 6.07) is 0. The third kappa shape index (κ3) is 5.33. The Bertz CT molecular complexity index is 170. The fraction of sp³-hybridized carbons (Fsp3) is 1.00. The SMILES string of the molecule is CC(CC1CCCCCC1)CC1CCCCCC1. The van der Waals surface area contributed by atoms with Crippen LogP contribution in [0.25, 0.3) is 0 Å². The van der Waals surface area contributed by atoms with Gasteiger partial charge in [0.05, 0.1) is 0 Å². The summed E-state index contributed by atoms with van der Waals surface area (Å²) in [6.07, 6.45) is 21.3. The van der Waals surface area contributed by atoms with Crippen molar-refractivity contribution in [2.24, 2.45) is 17.8 Å². The second-order valence-electron chi connectivity index (χ2n) is 7.29. The molecule has 2 aliphatic carbocycles. The molecule has 0 heteroatoms. The van der Waals surface area contributed by atoms with Gasteiger partial charge in [-0.25, -0.2) is 0 Å². The van der Waals surface area contributed by atoms with Crippen LogP contribution in [0.3, 0.4) is 0 Å². The van der Waals surface area contributed by atoms with Gasteiger partial charge in [-0.15, -0.1) is 0 Å². The third-order valence-corrected chi connectivity index (χ3v) is 5.42. The zero-order valence-electron chi connectivity index (χ0n) is 12.6. The zero-order chi connectivity index (χ0) is 12.6. The lowest BCUT2D eigenvalue weighted by atomic mass is 9.83. The summed E-state index contributed by atoms with van der Waals surface area (Å²) in [7, 11) is 0. The molecule has 0 nitrogen and oxygen atoms in total. The molecule has 0 amide bonds. The number of hydrogen-bond donors (Lipinski definition) is 0. The Morgan fingerprint density at radius 3 is 1.28 bits per heavy atom. The summed E-state index contributed by atoms with van der Waals surface area (Å²) in [5.41, 5.74) is 0. The molecule has 0 aromatic carbocycles. The van der Waals surface area contributed by atoms with E-state index >= 15 is 0 Å². The minimum atomic E-state index is 0.996. The highest BCUT2D eigenvalue weighted by molar-refractivity contribution is 4.72. The highest BCUT2D eigenvalue weighted by Gasteiger charge is 2.19. The molecular weight excluding hydrogens is 216 g/mol. The molecule has 0 spiro atoms. The Hall–Kier alpha value is 0. The van der Waals surface area contributed by atoms with Crippen molar-refractivity contribution in [1.82, 2.24) is 0 Å². The average Bonchev–Trinajstić information content (AvgIpc) is 2.74. The Balaban J connectivity index is 1.67. The number of hydrogen-bond acceptors (Lipinski definition) is 0. The molecule has 2 rings (SSSR count). The molecule has 0 atom stereocenters. The largest absolute Gasteiger partial charge is 0.0625 e. The van der Waals surface area contributed by atoms with Crippen LogP contribution >= 0.6 is 0 Å². The van der Waals surface area contributed by atoms with Crippen LogP contribution in [-0.2, 0) is 0 Å². The van der Waals surface area contributed by atoms with Crippen LogP contribution in [0.1, 0.15) is 96.8 Å². The monoisotopic (exact) mass is 250 g/mol. The lowest BCUT2D eigenvalue weighted by Gasteiger charge is -2.23. The molecule has 0 aromatic rings. The fourth-order valence-corrected chi connectivity index (χ4v) is 4.43. The van der Waals surface area contributed by atoms with Crippen molar-refractivity contribution < 1.29 is 0 Å². The summed E-state index contributed by atoms with van der Waals surface area (Å²) in [4.78, 5) is 0. The second-order valence-corrected chi connectivity index (χ2v) is 7.29. The molecule has 2 fully saturated rings. The molecule has 0 unspecified atom stereocenters. The molecule has 0 bridgehead atoms. The maximum absolute atomic E-state index is 2.54. The van der Waals surface area contributed by atoms with E-state index < -0.39 is 0 Å². The molecule has 2 saturated carbocycles. The quantitative estimate of drug-likeness (QED) is 0.510. The van der Waals surface area contributed by atoms with Gasteiger partial charge < -0.3 is 0 Å². The normalized spacial score (nSPS) is 25.0. The van der Waals surface area contributed by atoms with Crippen LogP contribution < -0.4 is 0 Å². The zero-order valence-corrected chi connectivity index (χ0v) is 12.6. The molecule has 0 radical (unpaired) electrons. The van der Waals surface area contributed by atoms with Crippen molar-refractivity contribution in [2.45, 2.75) is 96.8 Å². The molecule has 0 aromatic heterocycles. The lowest BCUT2D eigenvalue weighted by molar-refractivity contribution is 0.288. The average molecular weight is 250 g/mol. The van der Waals surface area contributed by atoms with E-state index in [1.165, 1.54) is 89.9 Å². The van der Waals surface area contributed by atoms with Gasteiger partial charge in [-0.05, 0) is 30.6 Å². The Morgan fingerprint density at radius 1 is 0.611 bits per heavy atom. The van der Waals surface area contributed by atoms with E-state index in [2.05, 4.69) is 6.92 Å². The third-order valence-electron chi connectivity index (χ3n) is 5.42. The van der Waals surface area contributed by atoms with Crippen LogP contribution in [-0.4, -0.2) is 0 Å². The summed E-state index contributed by atoms with van der Waals surface area (Å²) in [6.45, 7) is 2.54. The first kappa shape index (κ1) is 14.4. The topological polar surface area (TPSA) is 0 Å². The van der Waals surface area contributed by atoms with Crippen molar-refractivity contribution in [1.29, 1.82) is 0 Å². The predicted molar refractivity (Wildman–Crippen MR) is 80.8 cm³/mol. The molecule has 0 heterocycles. The van der Waals surface area contributed by atoms with Crippen LogP contribution in [0.4, 0.5) is 0 Å². The van der Waals surface area contributed by atoms with E-state index in [0.29, 0.717) is 0 Å². The van der Waals surface area contributed by atoms with Crippen molar-refractivity contribution in [2.75, 3.05) is 0 Å². The molecule has 0 N–H and O–H groups in total. The van der Waals surface area contributed by atoms with E-state index in [-0.39, 0.29) is 0 Å². The molecule has 0 saturated heterocycles. The molecule has 0 aliphatic heterocycles. The second kappa shape index (κ2) is 8.23. The van der Waals surface area contributed by atoms with Gasteiger partial charge in [0.15, 0.2) is 0 Å². The van der Waals surface area contributed by atoms with Gasteiger partial charge >= 0.3 is 0 Å². The highest BCUT2D eigenvalue weighted by Crippen LogP contribution is 2.33. The maximum Gasteiger partial charge on any atom is -0.0412 e. The van der Waals surface area contributed by atoms with Gasteiger partial charge in [0.25, 0.3) is 0 Å². The summed E-state index contributed by atoms with van der Waals surface area (Å²) in [5, 5.41) is 0. The predicted octanol–water partition coefficient (Wildman–Crippen LogP) is 6.34. The van der Waals surface area contributed by atoms with E-state index in [1.54, 1.807) is 0 Å². The molecule has 106 valence electrons. The van der Waals surface area contributed by atoms with Gasteiger partial charge in [0.1, 0.15) is 0 Å². The van der Waals surface area contributed by atoms with Crippen molar-refractivity contribution in [3.05, 3.63) is 0 Å². The lowest BCUT2D eigenvalue weighted by Crippen LogP contribution is -2.11. The Kier molecular flexibility index (Phi) is 6.59. The van der Waals surface area contributed by atoms with Gasteiger partial charge in [0.2, 0.25) is 0 Å². The van der Waals surface area contributed by atoms with E-state index in [0.717, 1.165) is 17.8 Å². The molecular formula is C18H34. The smallest absolute Gasteiger partial charge is 0.0412 e. The van der Waals surface area contributed by atoms with Crippen molar-refractivity contribution in [3.63, 3.8) is 0 Å². The Morgan fingerprint density at radius 2 is 0.944 bits per heavy atom. The van der Waals surface area contributed by atoms with E-state index in [4.69, 9.17) is 0 Å². The van der Waals surface area contributed by atoms with Gasteiger partial charge in [0, 0.05) is 0 Å². The summed E-state index contributed by atoms with van der Waals surface area (Å²) >= 11 is 0. The first-order valence-corrected chi connectivity index (χ1v) is 8.84. The van der Waals surface area contributed by atoms with Crippen LogP contribution in [0, 0.1) is 17.8 Å². The maximum atomic E-state index is 2.54. The van der Waals surface area contributed by atoms with Crippen LogP contribution in [0.2, 0.25) is 0 Å². The minimum Gasteiger partial charge on any atom is -0.0625 e. The Labute approximate surface area is 115 Å². The van der Waals surface area contributed by atoms with Crippen molar-refractivity contribution >= 4 is 0 Å². The van der Waals surface area contributed by atoms with E-state index in [1.807, 2.05) is 0 Å². The van der Waals surface area contributed by atoms with Crippen LogP contribution in [0.5, 0.6) is 0 Å². The van der Waals surface area contributed by atoms with Gasteiger partial charge in [-0.3, -0.25) is 0 Å². The van der Waals surface area contributed by atoms with Gasteiger partial charge in [-0.1, -0.05) is 84.0 Å². The number of rotatable bonds is 4. The first-order chi connectivity index (χ1) is 8.84. The fourth-order valence-electron chi connectivity index (χ4n) is 4.43.